The van der Waals surface area contributed by atoms with E-state index in [0.29, 0.717) is 25.0 Å². The number of ether oxygens (including phenoxy) is 2. The van der Waals surface area contributed by atoms with Gasteiger partial charge in [0.15, 0.2) is 0 Å². The molecule has 0 aromatic heterocycles. The van der Waals surface area contributed by atoms with Crippen molar-refractivity contribution in [2.45, 2.75) is 0 Å². The fourth-order valence-corrected chi connectivity index (χ4v) is 2.45. The zero-order valence-electron chi connectivity index (χ0n) is 10.2. The number of nitrogens with zero attached hydrogens (tertiary/aromatic N) is 1. The molecule has 0 aromatic rings. The Morgan fingerprint density at radius 1 is 1.29 bits per heavy atom. The SMILES string of the molecule is COCCOCC(=O)N1C[C@H]2CNC[C@H]2C1.Cl. The first-order valence-electron chi connectivity index (χ1n) is 5.86. The van der Waals surface area contributed by atoms with Crippen LogP contribution in [0.1, 0.15) is 0 Å². The molecule has 17 heavy (non-hydrogen) atoms. The molecule has 100 valence electrons. The molecule has 0 spiro atoms. The summed E-state index contributed by atoms with van der Waals surface area (Å²) in [6.45, 7) is 5.12. The van der Waals surface area contributed by atoms with Crippen molar-refractivity contribution >= 4 is 18.3 Å². The van der Waals surface area contributed by atoms with Crippen LogP contribution in [-0.4, -0.2) is 63.9 Å². The van der Waals surface area contributed by atoms with Crippen LogP contribution < -0.4 is 5.32 Å². The van der Waals surface area contributed by atoms with Crippen LogP contribution in [0.4, 0.5) is 0 Å². The maximum Gasteiger partial charge on any atom is 0.248 e. The lowest BCUT2D eigenvalue weighted by Crippen LogP contribution is -2.34. The minimum atomic E-state index is 0. The van der Waals surface area contributed by atoms with Crippen LogP contribution in [0.2, 0.25) is 0 Å². The Morgan fingerprint density at radius 3 is 2.53 bits per heavy atom. The summed E-state index contributed by atoms with van der Waals surface area (Å²) in [6, 6.07) is 0. The third-order valence-electron chi connectivity index (χ3n) is 3.40. The van der Waals surface area contributed by atoms with Crippen LogP contribution in [0.25, 0.3) is 0 Å². The normalized spacial score (nSPS) is 26.8. The lowest BCUT2D eigenvalue weighted by Gasteiger charge is -2.17. The molecular weight excluding hydrogens is 244 g/mol. The van der Waals surface area contributed by atoms with Crippen LogP contribution in [-0.2, 0) is 14.3 Å². The number of rotatable bonds is 5. The maximum atomic E-state index is 11.8. The minimum Gasteiger partial charge on any atom is -0.382 e. The molecule has 1 amide bonds. The van der Waals surface area contributed by atoms with Crippen molar-refractivity contribution < 1.29 is 14.3 Å². The Labute approximate surface area is 108 Å². The molecule has 2 saturated heterocycles. The van der Waals surface area contributed by atoms with Gasteiger partial charge in [-0.25, -0.2) is 0 Å². The van der Waals surface area contributed by atoms with Gasteiger partial charge in [-0.1, -0.05) is 0 Å². The molecule has 2 atom stereocenters. The zero-order valence-corrected chi connectivity index (χ0v) is 11.0. The van der Waals surface area contributed by atoms with Gasteiger partial charge in [0.25, 0.3) is 0 Å². The van der Waals surface area contributed by atoms with Crippen LogP contribution in [0.3, 0.4) is 0 Å². The number of carbonyl (C=O) groups is 1. The fourth-order valence-electron chi connectivity index (χ4n) is 2.45. The minimum absolute atomic E-state index is 0. The summed E-state index contributed by atoms with van der Waals surface area (Å²) in [7, 11) is 1.62. The maximum absolute atomic E-state index is 11.8. The molecule has 0 aromatic carbocycles. The molecule has 1 N–H and O–H groups in total. The van der Waals surface area contributed by atoms with Crippen molar-refractivity contribution in [3.8, 4) is 0 Å². The Morgan fingerprint density at radius 2 is 1.94 bits per heavy atom. The highest BCUT2D eigenvalue weighted by Crippen LogP contribution is 2.26. The number of methoxy groups -OCH3 is 1. The number of halogens is 1. The molecule has 2 aliphatic heterocycles. The average Bonchev–Trinajstić information content (AvgIpc) is 2.83. The van der Waals surface area contributed by atoms with Crippen molar-refractivity contribution in [3.63, 3.8) is 0 Å². The van der Waals surface area contributed by atoms with Gasteiger partial charge in [-0.2, -0.15) is 0 Å². The highest BCUT2D eigenvalue weighted by Gasteiger charge is 2.37. The average molecular weight is 265 g/mol. The van der Waals surface area contributed by atoms with Gasteiger partial charge in [-0.05, 0) is 11.8 Å². The molecule has 0 aliphatic carbocycles. The van der Waals surface area contributed by atoms with E-state index in [1.807, 2.05) is 4.90 Å². The number of hydrogen-bond donors (Lipinski definition) is 1. The molecule has 0 unspecified atom stereocenters. The lowest BCUT2D eigenvalue weighted by molar-refractivity contribution is -0.135. The number of fused-ring (bicyclic) bond motifs is 1. The first kappa shape index (κ1) is 14.7. The fraction of sp³-hybridized carbons (Fsp3) is 0.909. The summed E-state index contributed by atoms with van der Waals surface area (Å²) >= 11 is 0. The smallest absolute Gasteiger partial charge is 0.248 e. The first-order chi connectivity index (χ1) is 7.81. The van der Waals surface area contributed by atoms with E-state index in [1.54, 1.807) is 7.11 Å². The monoisotopic (exact) mass is 264 g/mol. The molecule has 6 heteroatoms. The van der Waals surface area contributed by atoms with Crippen LogP contribution in [0.5, 0.6) is 0 Å². The third-order valence-corrected chi connectivity index (χ3v) is 3.40. The molecule has 5 nitrogen and oxygen atoms in total. The van der Waals surface area contributed by atoms with Crippen LogP contribution in [0.15, 0.2) is 0 Å². The van der Waals surface area contributed by atoms with Gasteiger partial charge in [0.05, 0.1) is 13.2 Å². The summed E-state index contributed by atoms with van der Waals surface area (Å²) in [5, 5.41) is 3.36. The van der Waals surface area contributed by atoms with E-state index in [4.69, 9.17) is 9.47 Å². The van der Waals surface area contributed by atoms with Crippen LogP contribution in [0, 0.1) is 11.8 Å². The number of carbonyl (C=O) groups excluding carboxylic acids is 1. The van der Waals surface area contributed by atoms with E-state index in [0.717, 1.165) is 26.2 Å². The van der Waals surface area contributed by atoms with Crippen molar-refractivity contribution in [2.75, 3.05) is 53.1 Å². The van der Waals surface area contributed by atoms with Crippen molar-refractivity contribution in [1.82, 2.24) is 10.2 Å². The standard InChI is InChI=1S/C11H20N2O3.ClH/c1-15-2-3-16-8-11(14)13-6-9-4-12-5-10(9)7-13;/h9-10,12H,2-8H2,1H3;1H/t9-,10+;. The number of likely N-dealkylation sites (tertiary alicyclic amines) is 1. The van der Waals surface area contributed by atoms with Gasteiger partial charge < -0.3 is 19.7 Å². The van der Waals surface area contributed by atoms with E-state index in [9.17, 15) is 4.79 Å². The summed E-state index contributed by atoms with van der Waals surface area (Å²) in [5.41, 5.74) is 0. The lowest BCUT2D eigenvalue weighted by atomic mass is 10.0. The second-order valence-electron chi connectivity index (χ2n) is 4.52. The Balaban J connectivity index is 0.00000144. The second-order valence-corrected chi connectivity index (χ2v) is 4.52. The van der Waals surface area contributed by atoms with E-state index in [2.05, 4.69) is 5.32 Å². The molecule has 2 fully saturated rings. The number of nitrogens with one attached hydrogen (secondary N) is 1. The number of hydrogen-bond acceptors (Lipinski definition) is 4. The van der Waals surface area contributed by atoms with E-state index >= 15 is 0 Å². The van der Waals surface area contributed by atoms with Crippen molar-refractivity contribution in [2.24, 2.45) is 11.8 Å². The van der Waals surface area contributed by atoms with Gasteiger partial charge in [0.2, 0.25) is 5.91 Å². The molecule has 0 radical (unpaired) electrons. The Kier molecular flexibility index (Phi) is 6.19. The second kappa shape index (κ2) is 7.16. The molecule has 0 bridgehead atoms. The summed E-state index contributed by atoms with van der Waals surface area (Å²) in [4.78, 5) is 13.7. The highest BCUT2D eigenvalue weighted by molar-refractivity contribution is 5.85. The van der Waals surface area contributed by atoms with Gasteiger partial charge in [-0.3, -0.25) is 4.79 Å². The van der Waals surface area contributed by atoms with E-state index < -0.39 is 0 Å². The quantitative estimate of drug-likeness (QED) is 0.696. The van der Waals surface area contributed by atoms with Gasteiger partial charge in [0.1, 0.15) is 6.61 Å². The molecule has 2 heterocycles. The van der Waals surface area contributed by atoms with E-state index in [-0.39, 0.29) is 24.9 Å². The summed E-state index contributed by atoms with van der Waals surface area (Å²) < 4.78 is 10.1. The van der Waals surface area contributed by atoms with Crippen LogP contribution >= 0.6 is 12.4 Å². The van der Waals surface area contributed by atoms with Gasteiger partial charge in [-0.15, -0.1) is 12.4 Å². The first-order valence-corrected chi connectivity index (χ1v) is 5.86. The van der Waals surface area contributed by atoms with E-state index in [1.165, 1.54) is 0 Å². The molecular formula is C11H21ClN2O3. The summed E-state index contributed by atoms with van der Waals surface area (Å²) in [6.07, 6.45) is 0. The predicted octanol–water partition coefficient (Wildman–Crippen LogP) is -0.251. The molecule has 0 saturated carbocycles. The Hall–Kier alpha value is -0.360. The zero-order chi connectivity index (χ0) is 11.4. The number of amides is 1. The highest BCUT2D eigenvalue weighted by atomic mass is 35.5. The predicted molar refractivity (Wildman–Crippen MR) is 66.4 cm³/mol. The Bertz CT molecular complexity index is 241. The third kappa shape index (κ3) is 3.81. The van der Waals surface area contributed by atoms with Gasteiger partial charge in [0, 0.05) is 33.3 Å². The molecule has 2 aliphatic rings. The largest absolute Gasteiger partial charge is 0.382 e. The van der Waals surface area contributed by atoms with Gasteiger partial charge >= 0.3 is 0 Å². The van der Waals surface area contributed by atoms with Crippen molar-refractivity contribution in [3.05, 3.63) is 0 Å². The molecule has 2 rings (SSSR count). The summed E-state index contributed by atoms with van der Waals surface area (Å²) in [5.74, 6) is 1.43. The van der Waals surface area contributed by atoms with Crippen molar-refractivity contribution in [1.29, 1.82) is 0 Å². The topological polar surface area (TPSA) is 50.8 Å².